The van der Waals surface area contributed by atoms with Crippen LogP contribution < -0.4 is 10.1 Å². The van der Waals surface area contributed by atoms with Gasteiger partial charge >= 0.3 is 0 Å². The molecular weight excluding hydrogens is 336 g/mol. The third-order valence-corrected chi connectivity index (χ3v) is 5.36. The van der Waals surface area contributed by atoms with Crippen LogP contribution in [0.4, 0.5) is 0 Å². The first-order valence-corrected chi connectivity index (χ1v) is 9.69. The molecule has 3 rings (SSSR count). The number of nitrogens with one attached hydrogen (secondary N) is 1. The lowest BCUT2D eigenvalue weighted by Gasteiger charge is -2.23. The number of hydrogen-bond acceptors (Lipinski definition) is 3. The maximum atomic E-state index is 12.6. The molecule has 4 nitrogen and oxygen atoms in total. The highest BCUT2D eigenvalue weighted by atomic mass is 16.5. The second-order valence-electron chi connectivity index (χ2n) is 7.62. The molecule has 1 aliphatic carbocycles. The first-order chi connectivity index (χ1) is 13.0. The molecule has 1 aliphatic rings. The van der Waals surface area contributed by atoms with Crippen LogP contribution in [0.15, 0.2) is 42.5 Å². The van der Waals surface area contributed by atoms with E-state index < -0.39 is 0 Å². The summed E-state index contributed by atoms with van der Waals surface area (Å²) in [6.45, 7) is 7.49. The summed E-state index contributed by atoms with van der Waals surface area (Å²) >= 11 is 0. The van der Waals surface area contributed by atoms with E-state index in [1.807, 2.05) is 19.1 Å². The predicted molar refractivity (Wildman–Crippen MR) is 109 cm³/mol. The van der Waals surface area contributed by atoms with E-state index in [-0.39, 0.29) is 11.9 Å². The largest absolute Gasteiger partial charge is 0.497 e. The van der Waals surface area contributed by atoms with Crippen LogP contribution in [-0.4, -0.2) is 30.5 Å². The van der Waals surface area contributed by atoms with Crippen molar-refractivity contribution in [3.63, 3.8) is 0 Å². The molecular formula is C23H30N2O2. The fourth-order valence-corrected chi connectivity index (χ4v) is 3.31. The zero-order chi connectivity index (χ0) is 19.4. The summed E-state index contributed by atoms with van der Waals surface area (Å²) < 4.78 is 5.22. The van der Waals surface area contributed by atoms with Crippen LogP contribution in [0.3, 0.4) is 0 Å². The standard InChI is InChI=1S/C23H30N2O2/c1-16-5-8-20(13-17(16)2)18(3)24-23(26)15-25(21-9-10-21)14-19-6-11-22(27-4)12-7-19/h5-8,11-13,18,21H,9-10,14-15H2,1-4H3,(H,24,26). The van der Waals surface area contributed by atoms with Gasteiger partial charge in [-0.05, 0) is 68.0 Å². The van der Waals surface area contributed by atoms with E-state index in [1.165, 1.54) is 29.5 Å². The normalized spacial score (nSPS) is 14.9. The number of amides is 1. The molecule has 0 aromatic heterocycles. The number of ether oxygens (including phenoxy) is 1. The number of nitrogens with zero attached hydrogens (tertiary/aromatic N) is 1. The fourth-order valence-electron chi connectivity index (χ4n) is 3.31. The summed E-state index contributed by atoms with van der Waals surface area (Å²) in [6.07, 6.45) is 2.35. The van der Waals surface area contributed by atoms with Crippen LogP contribution in [-0.2, 0) is 11.3 Å². The van der Waals surface area contributed by atoms with Crippen LogP contribution in [0.5, 0.6) is 5.75 Å². The van der Waals surface area contributed by atoms with Crippen LogP contribution >= 0.6 is 0 Å². The van der Waals surface area contributed by atoms with Crippen molar-refractivity contribution < 1.29 is 9.53 Å². The molecule has 2 aromatic carbocycles. The number of carbonyl (C=O) groups is 1. The monoisotopic (exact) mass is 366 g/mol. The third-order valence-electron chi connectivity index (χ3n) is 5.36. The van der Waals surface area contributed by atoms with E-state index in [0.717, 1.165) is 17.9 Å². The van der Waals surface area contributed by atoms with E-state index in [4.69, 9.17) is 4.74 Å². The Hall–Kier alpha value is -2.33. The minimum atomic E-state index is 0.0128. The van der Waals surface area contributed by atoms with Gasteiger partial charge < -0.3 is 10.1 Å². The highest BCUT2D eigenvalue weighted by molar-refractivity contribution is 5.78. The zero-order valence-corrected chi connectivity index (χ0v) is 16.8. The number of hydrogen-bond donors (Lipinski definition) is 1. The highest BCUT2D eigenvalue weighted by Gasteiger charge is 2.30. The molecule has 144 valence electrons. The van der Waals surface area contributed by atoms with Gasteiger partial charge in [-0.1, -0.05) is 30.3 Å². The van der Waals surface area contributed by atoms with E-state index in [9.17, 15) is 4.79 Å². The van der Waals surface area contributed by atoms with E-state index in [2.05, 4.69) is 54.4 Å². The van der Waals surface area contributed by atoms with Crippen molar-refractivity contribution in [2.45, 2.75) is 52.2 Å². The Bertz CT molecular complexity index is 781. The lowest BCUT2D eigenvalue weighted by molar-refractivity contribution is -0.123. The fraction of sp³-hybridized carbons (Fsp3) is 0.435. The number of methoxy groups -OCH3 is 1. The van der Waals surface area contributed by atoms with Crippen molar-refractivity contribution in [3.8, 4) is 5.75 Å². The van der Waals surface area contributed by atoms with Crippen molar-refractivity contribution in [1.29, 1.82) is 0 Å². The Morgan fingerprint density at radius 1 is 1.15 bits per heavy atom. The summed E-state index contributed by atoms with van der Waals surface area (Å²) in [5.74, 6) is 0.942. The molecule has 0 spiro atoms. The number of aryl methyl sites for hydroxylation is 2. The molecule has 1 fully saturated rings. The minimum absolute atomic E-state index is 0.0128. The summed E-state index contributed by atoms with van der Waals surface area (Å²) in [7, 11) is 1.67. The van der Waals surface area contributed by atoms with Crippen molar-refractivity contribution in [1.82, 2.24) is 10.2 Å². The van der Waals surface area contributed by atoms with Gasteiger partial charge in [-0.3, -0.25) is 9.69 Å². The molecule has 1 saturated carbocycles. The van der Waals surface area contributed by atoms with Crippen molar-refractivity contribution >= 4 is 5.91 Å². The van der Waals surface area contributed by atoms with Crippen LogP contribution in [0.25, 0.3) is 0 Å². The summed E-state index contributed by atoms with van der Waals surface area (Å²) in [5.41, 5.74) is 4.89. The maximum Gasteiger partial charge on any atom is 0.234 e. The second-order valence-corrected chi connectivity index (χ2v) is 7.62. The maximum absolute atomic E-state index is 12.6. The zero-order valence-electron chi connectivity index (χ0n) is 16.8. The number of benzene rings is 2. The van der Waals surface area contributed by atoms with E-state index in [0.29, 0.717) is 12.6 Å². The molecule has 0 aliphatic heterocycles. The van der Waals surface area contributed by atoms with Gasteiger partial charge in [-0.2, -0.15) is 0 Å². The van der Waals surface area contributed by atoms with E-state index in [1.54, 1.807) is 7.11 Å². The average Bonchev–Trinajstić information content (AvgIpc) is 3.49. The molecule has 1 amide bonds. The Morgan fingerprint density at radius 2 is 1.85 bits per heavy atom. The van der Waals surface area contributed by atoms with Gasteiger partial charge in [0.1, 0.15) is 5.75 Å². The predicted octanol–water partition coefficient (Wildman–Crippen LogP) is 4.15. The topological polar surface area (TPSA) is 41.6 Å². The molecule has 1 N–H and O–H groups in total. The molecule has 4 heteroatoms. The van der Waals surface area contributed by atoms with Gasteiger partial charge in [0, 0.05) is 12.6 Å². The third kappa shape index (κ3) is 5.33. The summed E-state index contributed by atoms with van der Waals surface area (Å²) in [6, 6.07) is 15.0. The van der Waals surface area contributed by atoms with Gasteiger partial charge in [0.2, 0.25) is 5.91 Å². The quantitative estimate of drug-likeness (QED) is 0.763. The Balaban J connectivity index is 1.58. The van der Waals surface area contributed by atoms with Crippen LogP contribution in [0.2, 0.25) is 0 Å². The van der Waals surface area contributed by atoms with Crippen molar-refractivity contribution in [2.75, 3.05) is 13.7 Å². The molecule has 1 atom stereocenters. The molecule has 27 heavy (non-hydrogen) atoms. The van der Waals surface area contributed by atoms with E-state index >= 15 is 0 Å². The highest BCUT2D eigenvalue weighted by Crippen LogP contribution is 2.28. The molecule has 0 radical (unpaired) electrons. The molecule has 0 heterocycles. The first kappa shape index (κ1) is 19.4. The van der Waals surface area contributed by atoms with Gasteiger partial charge in [0.15, 0.2) is 0 Å². The summed E-state index contributed by atoms with van der Waals surface area (Å²) in [5, 5.41) is 3.16. The SMILES string of the molecule is COc1ccc(CN(CC(=O)NC(C)c2ccc(C)c(C)c2)C2CC2)cc1. The Kier molecular flexibility index (Phi) is 6.17. The van der Waals surface area contributed by atoms with Gasteiger partial charge in [0.05, 0.1) is 19.7 Å². The molecule has 0 saturated heterocycles. The molecule has 1 unspecified atom stereocenters. The van der Waals surface area contributed by atoms with Gasteiger partial charge in [0.25, 0.3) is 0 Å². The smallest absolute Gasteiger partial charge is 0.234 e. The molecule has 0 bridgehead atoms. The lowest BCUT2D eigenvalue weighted by Crippen LogP contribution is -2.39. The Labute approximate surface area is 162 Å². The van der Waals surface area contributed by atoms with Crippen molar-refractivity contribution in [2.24, 2.45) is 0 Å². The van der Waals surface area contributed by atoms with Crippen LogP contribution in [0, 0.1) is 13.8 Å². The minimum Gasteiger partial charge on any atom is -0.497 e. The lowest BCUT2D eigenvalue weighted by atomic mass is 10.0. The van der Waals surface area contributed by atoms with Crippen molar-refractivity contribution in [3.05, 3.63) is 64.7 Å². The molecule has 2 aromatic rings. The van der Waals surface area contributed by atoms with Gasteiger partial charge in [-0.25, -0.2) is 0 Å². The van der Waals surface area contributed by atoms with Crippen LogP contribution in [0.1, 0.15) is 48.1 Å². The first-order valence-electron chi connectivity index (χ1n) is 9.69. The van der Waals surface area contributed by atoms with Gasteiger partial charge in [-0.15, -0.1) is 0 Å². The number of carbonyl (C=O) groups excluding carboxylic acids is 1. The Morgan fingerprint density at radius 3 is 2.44 bits per heavy atom. The number of rotatable bonds is 8. The average molecular weight is 367 g/mol. The summed E-state index contributed by atoms with van der Waals surface area (Å²) in [4.78, 5) is 14.9. The second kappa shape index (κ2) is 8.57.